The number of hydrogen-bond donors (Lipinski definition) is 1. The average molecular weight is 495 g/mol. The van der Waals surface area contributed by atoms with E-state index in [1.54, 1.807) is 24.3 Å². The molecule has 5 rings (SSSR count). The molecule has 6 atom stereocenters. The van der Waals surface area contributed by atoms with Crippen molar-refractivity contribution in [2.45, 2.75) is 56.7 Å². The summed E-state index contributed by atoms with van der Waals surface area (Å²) in [6, 6.07) is 14.0. The summed E-state index contributed by atoms with van der Waals surface area (Å²) in [4.78, 5) is 51.4. The Morgan fingerprint density at radius 3 is 2.25 bits per heavy atom. The predicted molar refractivity (Wildman–Crippen MR) is 121 cm³/mol. The Balaban J connectivity index is 1.48. The van der Waals surface area contributed by atoms with Gasteiger partial charge in [0.05, 0.1) is 24.2 Å². The molecule has 0 radical (unpaired) electrons. The topological polar surface area (TPSA) is 129 Å². The minimum absolute atomic E-state index is 0.0115. The molecule has 0 aliphatic carbocycles. The van der Waals surface area contributed by atoms with E-state index in [9.17, 15) is 24.3 Å². The van der Waals surface area contributed by atoms with Gasteiger partial charge in [0.1, 0.15) is 24.0 Å². The number of hydrogen-bond acceptors (Lipinski definition) is 9. The van der Waals surface area contributed by atoms with Crippen LogP contribution in [0.3, 0.4) is 0 Å². The zero-order valence-corrected chi connectivity index (χ0v) is 19.4. The third kappa shape index (κ3) is 4.44. The number of rotatable bonds is 6. The summed E-state index contributed by atoms with van der Waals surface area (Å²) in [6.07, 6.45) is -5.80. The predicted octanol–water partition coefficient (Wildman–Crippen LogP) is 1.76. The van der Waals surface area contributed by atoms with Gasteiger partial charge in [-0.1, -0.05) is 42.5 Å². The van der Waals surface area contributed by atoms with Gasteiger partial charge in [0.2, 0.25) is 0 Å². The highest BCUT2D eigenvalue weighted by atomic mass is 16.7. The van der Waals surface area contributed by atoms with Crippen LogP contribution in [0.2, 0.25) is 0 Å². The number of Topliss-reactive ketones (excluding diaryl/α,β-unsaturated/α-hetero) is 1. The lowest BCUT2D eigenvalue weighted by molar-refractivity contribution is -0.343. The SMILES string of the molecule is CC(=O)CCC(=O)O[C@H]1[C@@H]2OC(c3ccccc3)OC[C@H]2OC(O)[C@@H]1N1C(=O)c2ccccc2C1=O. The monoisotopic (exact) mass is 495 g/mol. The second-order valence-corrected chi connectivity index (χ2v) is 8.91. The van der Waals surface area contributed by atoms with Gasteiger partial charge in [-0.15, -0.1) is 0 Å². The summed E-state index contributed by atoms with van der Waals surface area (Å²) in [6.45, 7) is 1.37. The second-order valence-electron chi connectivity index (χ2n) is 8.91. The Morgan fingerprint density at radius 2 is 1.61 bits per heavy atom. The van der Waals surface area contributed by atoms with Gasteiger partial charge in [0.25, 0.3) is 11.8 Å². The van der Waals surface area contributed by atoms with Crippen LogP contribution in [0, 0.1) is 0 Å². The number of esters is 1. The molecule has 1 N–H and O–H groups in total. The van der Waals surface area contributed by atoms with Crippen LogP contribution in [0.5, 0.6) is 0 Å². The first-order valence-electron chi connectivity index (χ1n) is 11.7. The quantitative estimate of drug-likeness (QED) is 0.471. The third-order valence-corrected chi connectivity index (χ3v) is 6.47. The lowest BCUT2D eigenvalue weighted by atomic mass is 9.94. The molecule has 2 aromatic rings. The molecule has 2 aromatic carbocycles. The smallest absolute Gasteiger partial charge is 0.306 e. The van der Waals surface area contributed by atoms with Crippen molar-refractivity contribution in [2.24, 2.45) is 0 Å². The van der Waals surface area contributed by atoms with E-state index in [2.05, 4.69) is 0 Å². The van der Waals surface area contributed by atoms with Crippen LogP contribution < -0.4 is 0 Å². The van der Waals surface area contributed by atoms with Gasteiger partial charge in [-0.3, -0.25) is 19.3 Å². The molecular formula is C26H25NO9. The molecule has 2 fully saturated rings. The van der Waals surface area contributed by atoms with Gasteiger partial charge in [0, 0.05) is 12.0 Å². The van der Waals surface area contributed by atoms with E-state index in [0.29, 0.717) is 5.56 Å². The van der Waals surface area contributed by atoms with E-state index < -0.39 is 54.7 Å². The first-order valence-corrected chi connectivity index (χ1v) is 11.7. The van der Waals surface area contributed by atoms with Gasteiger partial charge in [-0.2, -0.15) is 0 Å². The van der Waals surface area contributed by atoms with E-state index in [1.165, 1.54) is 19.1 Å². The molecule has 2 amide bonds. The first kappa shape index (κ1) is 24.3. The van der Waals surface area contributed by atoms with E-state index in [4.69, 9.17) is 18.9 Å². The van der Waals surface area contributed by atoms with Crippen LogP contribution in [0.1, 0.15) is 52.3 Å². The van der Waals surface area contributed by atoms with Gasteiger partial charge in [-0.05, 0) is 19.1 Å². The maximum absolute atomic E-state index is 13.2. The molecule has 36 heavy (non-hydrogen) atoms. The van der Waals surface area contributed by atoms with Crippen LogP contribution in [0.25, 0.3) is 0 Å². The summed E-state index contributed by atoms with van der Waals surface area (Å²) >= 11 is 0. The fraction of sp³-hybridized carbons (Fsp3) is 0.385. The Bertz CT molecular complexity index is 1150. The summed E-state index contributed by atoms with van der Waals surface area (Å²) < 4.78 is 23.4. The third-order valence-electron chi connectivity index (χ3n) is 6.47. The maximum Gasteiger partial charge on any atom is 0.306 e. The fourth-order valence-electron chi connectivity index (χ4n) is 4.73. The highest BCUT2D eigenvalue weighted by Gasteiger charge is 2.57. The van der Waals surface area contributed by atoms with E-state index in [0.717, 1.165) is 4.90 Å². The van der Waals surface area contributed by atoms with Crippen molar-refractivity contribution >= 4 is 23.6 Å². The minimum atomic E-state index is -1.67. The van der Waals surface area contributed by atoms with Gasteiger partial charge >= 0.3 is 5.97 Å². The van der Waals surface area contributed by atoms with Crippen molar-refractivity contribution in [3.8, 4) is 0 Å². The van der Waals surface area contributed by atoms with Crippen molar-refractivity contribution in [1.29, 1.82) is 0 Å². The zero-order valence-electron chi connectivity index (χ0n) is 19.4. The molecule has 10 heteroatoms. The number of benzene rings is 2. The van der Waals surface area contributed by atoms with Crippen molar-refractivity contribution in [1.82, 2.24) is 4.90 Å². The van der Waals surface area contributed by atoms with Crippen LogP contribution in [0.15, 0.2) is 54.6 Å². The van der Waals surface area contributed by atoms with Crippen molar-refractivity contribution in [3.63, 3.8) is 0 Å². The molecule has 3 heterocycles. The normalized spacial score (nSPS) is 29.4. The molecule has 0 spiro atoms. The lowest BCUT2D eigenvalue weighted by Gasteiger charge is -2.49. The number of nitrogens with zero attached hydrogens (tertiary/aromatic N) is 1. The van der Waals surface area contributed by atoms with Gasteiger partial charge in [0.15, 0.2) is 18.7 Å². The van der Waals surface area contributed by atoms with Crippen LogP contribution in [0.4, 0.5) is 0 Å². The van der Waals surface area contributed by atoms with E-state index in [1.807, 2.05) is 18.2 Å². The fourth-order valence-corrected chi connectivity index (χ4v) is 4.73. The minimum Gasteiger partial charge on any atom is -0.457 e. The molecule has 0 aromatic heterocycles. The first-order chi connectivity index (χ1) is 17.3. The summed E-state index contributed by atoms with van der Waals surface area (Å²) in [7, 11) is 0. The summed E-state index contributed by atoms with van der Waals surface area (Å²) in [5.74, 6) is -2.20. The molecule has 2 saturated heterocycles. The Morgan fingerprint density at radius 1 is 0.972 bits per heavy atom. The summed E-state index contributed by atoms with van der Waals surface area (Å²) in [5, 5.41) is 10.9. The van der Waals surface area contributed by atoms with Crippen LogP contribution in [-0.4, -0.2) is 70.8 Å². The number of fused-ring (bicyclic) bond motifs is 2. The maximum atomic E-state index is 13.2. The number of carbonyl (C=O) groups is 4. The Hall–Kier alpha value is -3.44. The molecule has 0 bridgehead atoms. The second kappa shape index (κ2) is 9.90. The number of aliphatic hydroxyl groups is 1. The number of imide groups is 1. The van der Waals surface area contributed by atoms with E-state index >= 15 is 0 Å². The Labute approximate surface area is 206 Å². The molecule has 2 unspecified atom stereocenters. The molecule has 10 nitrogen and oxygen atoms in total. The number of ether oxygens (including phenoxy) is 4. The molecule has 3 aliphatic rings. The molecule has 3 aliphatic heterocycles. The highest BCUT2D eigenvalue weighted by molar-refractivity contribution is 6.21. The number of amides is 2. The molecular weight excluding hydrogens is 470 g/mol. The number of ketones is 1. The Kier molecular flexibility index (Phi) is 6.67. The van der Waals surface area contributed by atoms with E-state index in [-0.39, 0.29) is 36.4 Å². The van der Waals surface area contributed by atoms with Crippen molar-refractivity contribution < 1.29 is 43.2 Å². The average Bonchev–Trinajstić information content (AvgIpc) is 3.13. The highest BCUT2D eigenvalue weighted by Crippen LogP contribution is 2.38. The largest absolute Gasteiger partial charge is 0.457 e. The zero-order chi connectivity index (χ0) is 25.4. The number of aliphatic hydroxyl groups excluding tert-OH is 1. The van der Waals surface area contributed by atoms with Crippen LogP contribution in [-0.2, 0) is 28.5 Å². The molecule has 0 saturated carbocycles. The molecule has 188 valence electrons. The number of carbonyl (C=O) groups excluding carboxylic acids is 4. The lowest BCUT2D eigenvalue weighted by Crippen LogP contribution is -2.68. The summed E-state index contributed by atoms with van der Waals surface area (Å²) in [5.41, 5.74) is 1.06. The van der Waals surface area contributed by atoms with Crippen molar-refractivity contribution in [2.75, 3.05) is 6.61 Å². The van der Waals surface area contributed by atoms with Crippen molar-refractivity contribution in [3.05, 3.63) is 71.3 Å². The van der Waals surface area contributed by atoms with Gasteiger partial charge < -0.3 is 28.8 Å². The van der Waals surface area contributed by atoms with Crippen LogP contribution >= 0.6 is 0 Å². The standard InChI is InChI=1S/C26H25NO9/c1-14(28)11-12-19(29)35-22-20(27-23(30)16-9-5-6-10-17(16)24(27)31)25(32)34-18-13-33-26(36-21(18)22)15-7-3-2-4-8-15/h2-10,18,20-22,25-26,32H,11-13H2,1H3/t18-,20-,21-,22-,25?,26?/m1/s1. The van der Waals surface area contributed by atoms with Gasteiger partial charge in [-0.25, -0.2) is 0 Å².